The molecule has 0 aromatic heterocycles. The molecule has 0 amide bonds. The van der Waals surface area contributed by atoms with Crippen LogP contribution in [0.25, 0.3) is 8.60 Å². The van der Waals surface area contributed by atoms with Crippen LogP contribution in [0.5, 0.6) is 0 Å². The minimum atomic E-state index is -2.47. The van der Waals surface area contributed by atoms with Gasteiger partial charge in [-0.25, -0.2) is 3.07 Å². The summed E-state index contributed by atoms with van der Waals surface area (Å²) in [5.74, 6) is -0.411. The average Bonchev–Trinajstić information content (AvgIpc) is 2.18. The van der Waals surface area contributed by atoms with Crippen LogP contribution in [-0.4, -0.2) is 5.97 Å². The topological polar surface area (TPSA) is 65.3 Å². The van der Waals surface area contributed by atoms with E-state index in [1.807, 2.05) is 18.2 Å². The van der Waals surface area contributed by atoms with Crippen molar-refractivity contribution in [1.29, 1.82) is 0 Å². The van der Waals surface area contributed by atoms with Crippen molar-refractivity contribution in [2.75, 3.05) is 0 Å². The summed E-state index contributed by atoms with van der Waals surface area (Å²) in [6.45, 7) is 1.31. The molecule has 14 heavy (non-hydrogen) atoms. The summed E-state index contributed by atoms with van der Waals surface area (Å²) in [6.07, 6.45) is 0. The number of carbonyl (C=O) groups excluding carboxylic acids is 1. The zero-order valence-corrected chi connectivity index (χ0v) is 9.58. The predicted octanol–water partition coefficient (Wildman–Crippen LogP) is 3.07. The fraction of sp³-hybridized carbons (Fsp3) is 0.125. The monoisotopic (exact) mass is 305 g/mol. The fourth-order valence-corrected chi connectivity index (χ4v) is 3.14. The second-order valence-corrected chi connectivity index (χ2v) is 5.69. The Labute approximate surface area is 88.4 Å². The minimum Gasteiger partial charge on any atom is -0.382 e. The summed E-state index contributed by atoms with van der Waals surface area (Å²) in [7, 11) is 0. The zero-order chi connectivity index (χ0) is 10.4. The van der Waals surface area contributed by atoms with Gasteiger partial charge in [0, 0.05) is 17.7 Å². The van der Waals surface area contributed by atoms with E-state index in [1.54, 1.807) is 12.1 Å². The maximum absolute atomic E-state index is 10.7. The van der Waals surface area contributed by atoms with E-state index in [9.17, 15) is 4.79 Å². The normalized spacial score (nSPS) is 9.29. The van der Waals surface area contributed by atoms with Gasteiger partial charge in [-0.1, -0.05) is 18.2 Å². The van der Waals surface area contributed by atoms with Crippen LogP contribution in [-0.2, 0) is 7.86 Å². The maximum Gasteiger partial charge on any atom is 0.313 e. The van der Waals surface area contributed by atoms with Gasteiger partial charge in [0.1, 0.15) is 0 Å². The summed E-state index contributed by atoms with van der Waals surface area (Å²) in [5, 5.41) is 2.68. The highest BCUT2D eigenvalue weighted by Gasteiger charge is 2.04. The third kappa shape index (κ3) is 3.23. The van der Waals surface area contributed by atoms with E-state index < -0.39 is 25.8 Å². The Morgan fingerprint density at radius 2 is 2.14 bits per heavy atom. The zero-order valence-electron chi connectivity index (χ0n) is 7.42. The number of carbonyl (C=O) groups is 1. The van der Waals surface area contributed by atoms with Crippen molar-refractivity contribution in [1.82, 2.24) is 0 Å². The molecule has 0 atom stereocenters. The molecule has 1 rings (SSSR count). The lowest BCUT2D eigenvalue weighted by molar-refractivity contribution is -0.128. The molecule has 0 unspecified atom stereocenters. The number of hydrogen-bond donors (Lipinski definition) is 0. The first-order valence-electron chi connectivity index (χ1n) is 3.73. The van der Waals surface area contributed by atoms with Gasteiger partial charge in [0.2, 0.25) is 0 Å². The third-order valence-electron chi connectivity index (χ3n) is 1.20. The molecule has 5 nitrogen and oxygen atoms in total. The van der Waals surface area contributed by atoms with Gasteiger partial charge in [-0.3, -0.25) is 4.79 Å². The molecule has 0 fully saturated rings. The van der Waals surface area contributed by atoms with Crippen molar-refractivity contribution >= 4 is 25.8 Å². The molecule has 6 heteroatoms. The third-order valence-corrected chi connectivity index (χ3v) is 4.61. The van der Waals surface area contributed by atoms with E-state index in [1.165, 1.54) is 6.92 Å². The van der Waals surface area contributed by atoms with Gasteiger partial charge in [0.15, 0.2) is 0 Å². The van der Waals surface area contributed by atoms with Crippen LogP contribution in [0.1, 0.15) is 6.92 Å². The molecule has 0 radical (unpaired) electrons. The first-order valence-corrected chi connectivity index (χ1v) is 6.66. The Bertz CT molecular complexity index is 418. The van der Waals surface area contributed by atoms with Gasteiger partial charge in [-0.15, -0.1) is 0 Å². The van der Waals surface area contributed by atoms with Crippen LogP contribution in [0.2, 0.25) is 0 Å². The number of rotatable bonds is 0. The first kappa shape index (κ1) is 10.8. The van der Waals surface area contributed by atoms with Crippen LogP contribution >= 0.6 is 19.9 Å². The van der Waals surface area contributed by atoms with Gasteiger partial charge in [0.25, 0.3) is 19.9 Å². The van der Waals surface area contributed by atoms with Crippen LogP contribution in [0.4, 0.5) is 0 Å². The molecule has 0 bridgehead atoms. The summed E-state index contributed by atoms with van der Waals surface area (Å²) < 4.78 is 9.31. The summed E-state index contributed by atoms with van der Waals surface area (Å²) in [5.41, 5.74) is 8.32. The Hall–Kier alpha value is -1.27. The van der Waals surface area contributed by atoms with Crippen molar-refractivity contribution in [3.05, 3.63) is 42.5 Å². The van der Waals surface area contributed by atoms with Gasteiger partial charge in [-0.05, 0) is 12.1 Å². The largest absolute Gasteiger partial charge is 0.382 e. The quantitative estimate of drug-likeness (QED) is 0.420. The second kappa shape index (κ2) is 5.46. The van der Waals surface area contributed by atoms with E-state index in [4.69, 9.17) is 8.60 Å². The van der Waals surface area contributed by atoms with Crippen LogP contribution in [0.15, 0.2) is 35.6 Å². The first-order chi connectivity index (χ1) is 6.74. The summed E-state index contributed by atoms with van der Waals surface area (Å²) in [6, 6.07) is 9.07. The number of nitrogens with zero attached hydrogens (tertiary/aromatic N) is 3. The van der Waals surface area contributed by atoms with Gasteiger partial charge in [0.05, 0.1) is 3.57 Å². The molecule has 0 aliphatic carbocycles. The van der Waals surface area contributed by atoms with Crippen molar-refractivity contribution in [3.8, 4) is 0 Å². The molecule has 0 spiro atoms. The number of hydrogen-bond acceptors (Lipinski definition) is 3. The maximum atomic E-state index is 10.7. The molecule has 0 N–H and O–H groups in total. The van der Waals surface area contributed by atoms with E-state index in [0.29, 0.717) is 0 Å². The van der Waals surface area contributed by atoms with Gasteiger partial charge < -0.3 is 3.07 Å². The molecular weight excluding hydrogens is 297 g/mol. The average molecular weight is 305 g/mol. The summed E-state index contributed by atoms with van der Waals surface area (Å²) in [4.78, 5) is 10.7. The smallest absolute Gasteiger partial charge is 0.313 e. The minimum absolute atomic E-state index is 0.411. The number of halogens is 1. The van der Waals surface area contributed by atoms with E-state index in [2.05, 4.69) is 8.29 Å². The van der Waals surface area contributed by atoms with Crippen molar-refractivity contribution < 1.29 is 7.86 Å². The highest BCUT2D eigenvalue weighted by Crippen LogP contribution is 2.31. The Morgan fingerprint density at radius 1 is 1.50 bits per heavy atom. The van der Waals surface area contributed by atoms with Gasteiger partial charge in [-0.2, -0.15) is 0 Å². The van der Waals surface area contributed by atoms with Crippen molar-refractivity contribution in [2.45, 2.75) is 6.92 Å². The standard InChI is InChI=1S/C8H8IN3O2/c1-7(13)14-9(11-12-10)8-5-3-2-4-6-8/h2-6H,1H3. The van der Waals surface area contributed by atoms with Crippen LogP contribution in [0, 0.1) is 3.57 Å². The molecule has 0 heterocycles. The predicted molar refractivity (Wildman–Crippen MR) is 60.1 cm³/mol. The Balaban J connectivity index is 3.02. The second-order valence-electron chi connectivity index (χ2n) is 2.26. The highest BCUT2D eigenvalue weighted by molar-refractivity contribution is 14.2. The van der Waals surface area contributed by atoms with E-state index in [-0.39, 0.29) is 0 Å². The van der Waals surface area contributed by atoms with Crippen molar-refractivity contribution in [2.24, 2.45) is 5.22 Å². The molecule has 74 valence electrons. The van der Waals surface area contributed by atoms with Crippen LogP contribution < -0.4 is 0 Å². The van der Waals surface area contributed by atoms with Gasteiger partial charge >= 0.3 is 5.97 Å². The highest BCUT2D eigenvalue weighted by atomic mass is 127. The summed E-state index contributed by atoms with van der Waals surface area (Å²) >= 11 is -2.47. The Morgan fingerprint density at radius 3 is 2.64 bits per heavy atom. The van der Waals surface area contributed by atoms with Crippen LogP contribution in [0.3, 0.4) is 0 Å². The lowest BCUT2D eigenvalue weighted by Gasteiger charge is -1.99. The fourth-order valence-electron chi connectivity index (χ4n) is 0.760. The molecule has 0 saturated carbocycles. The SMILES string of the molecule is CC(=O)OI(#[N+]N=[N-])c1ccccc1. The Kier molecular flexibility index (Phi) is 4.21. The molecule has 0 saturated heterocycles. The molecular formula is C8H8IN3O2. The number of benzene rings is 1. The molecule has 1 aromatic rings. The van der Waals surface area contributed by atoms with Crippen molar-refractivity contribution in [3.63, 3.8) is 0 Å². The lowest BCUT2D eigenvalue weighted by atomic mass is 10.4. The van der Waals surface area contributed by atoms with E-state index >= 15 is 0 Å². The molecule has 0 aliphatic heterocycles. The molecule has 0 aliphatic rings. The van der Waals surface area contributed by atoms with E-state index in [0.717, 1.165) is 3.57 Å². The lowest BCUT2D eigenvalue weighted by Crippen LogP contribution is -1.89. The molecule has 1 aromatic carbocycles.